The van der Waals surface area contributed by atoms with Crippen molar-refractivity contribution in [2.75, 3.05) is 25.6 Å². The molecular weight excluding hydrogens is 200 g/mol. The van der Waals surface area contributed by atoms with Crippen LogP contribution in [-0.4, -0.2) is 25.7 Å². The molecule has 16 heavy (non-hydrogen) atoms. The van der Waals surface area contributed by atoms with Gasteiger partial charge < -0.3 is 14.6 Å². The SMILES string of the molecule is COc1cc2c(c3c(C)c[nH]c13)CCN2C. The normalized spacial score (nSPS) is 14.6. The molecule has 0 radical (unpaired) electrons. The lowest BCUT2D eigenvalue weighted by Gasteiger charge is -2.14. The summed E-state index contributed by atoms with van der Waals surface area (Å²) < 4.78 is 5.46. The van der Waals surface area contributed by atoms with Crippen LogP contribution >= 0.6 is 0 Å². The first kappa shape index (κ1) is 9.58. The predicted molar refractivity (Wildman–Crippen MR) is 66.6 cm³/mol. The number of aromatic amines is 1. The molecule has 84 valence electrons. The van der Waals surface area contributed by atoms with E-state index < -0.39 is 0 Å². The molecule has 1 aromatic heterocycles. The molecule has 0 atom stereocenters. The van der Waals surface area contributed by atoms with E-state index in [1.807, 2.05) is 0 Å². The van der Waals surface area contributed by atoms with Crippen molar-refractivity contribution >= 4 is 16.6 Å². The molecule has 0 saturated heterocycles. The van der Waals surface area contributed by atoms with Crippen LogP contribution < -0.4 is 9.64 Å². The van der Waals surface area contributed by atoms with Crippen LogP contribution in [0, 0.1) is 6.92 Å². The number of nitrogens with zero attached hydrogens (tertiary/aromatic N) is 1. The highest BCUT2D eigenvalue weighted by Gasteiger charge is 2.22. The van der Waals surface area contributed by atoms with E-state index in [2.05, 4.69) is 36.1 Å². The van der Waals surface area contributed by atoms with Gasteiger partial charge in [-0.1, -0.05) is 0 Å². The number of likely N-dealkylation sites (N-methyl/N-ethyl adjacent to an activating group) is 1. The summed E-state index contributed by atoms with van der Waals surface area (Å²) in [5.74, 6) is 0.940. The molecule has 0 saturated carbocycles. The summed E-state index contributed by atoms with van der Waals surface area (Å²) in [6, 6.07) is 2.14. The second-order valence-corrected chi connectivity index (χ2v) is 4.47. The summed E-state index contributed by atoms with van der Waals surface area (Å²) in [6.45, 7) is 3.25. The second kappa shape index (κ2) is 3.17. The fraction of sp³-hybridized carbons (Fsp3) is 0.385. The molecule has 3 rings (SSSR count). The van der Waals surface area contributed by atoms with Gasteiger partial charge in [0.25, 0.3) is 0 Å². The number of methoxy groups -OCH3 is 1. The first-order valence-corrected chi connectivity index (χ1v) is 5.61. The summed E-state index contributed by atoms with van der Waals surface area (Å²) in [7, 11) is 3.87. The Bertz CT molecular complexity index is 557. The third kappa shape index (κ3) is 1.08. The van der Waals surface area contributed by atoms with Crippen LogP contribution in [0.5, 0.6) is 5.75 Å². The molecule has 1 N–H and O–H groups in total. The summed E-state index contributed by atoms with van der Waals surface area (Å²) in [5.41, 5.74) is 5.21. The fourth-order valence-electron chi connectivity index (χ4n) is 2.67. The van der Waals surface area contributed by atoms with E-state index in [0.717, 1.165) is 24.2 Å². The van der Waals surface area contributed by atoms with Crippen molar-refractivity contribution < 1.29 is 4.74 Å². The summed E-state index contributed by atoms with van der Waals surface area (Å²) in [4.78, 5) is 5.60. The number of H-pyrrole nitrogens is 1. The van der Waals surface area contributed by atoms with Crippen molar-refractivity contribution in [1.82, 2.24) is 4.98 Å². The Labute approximate surface area is 95.0 Å². The molecule has 1 aliphatic rings. The molecule has 0 unspecified atom stereocenters. The molecule has 0 fully saturated rings. The first-order chi connectivity index (χ1) is 7.72. The average Bonchev–Trinajstić information content (AvgIpc) is 2.83. The number of anilines is 1. The number of benzene rings is 1. The van der Waals surface area contributed by atoms with E-state index in [1.54, 1.807) is 7.11 Å². The average molecular weight is 216 g/mol. The Hall–Kier alpha value is -1.64. The van der Waals surface area contributed by atoms with Gasteiger partial charge in [0.2, 0.25) is 0 Å². The van der Waals surface area contributed by atoms with Gasteiger partial charge in [-0.15, -0.1) is 0 Å². The van der Waals surface area contributed by atoms with Crippen molar-refractivity contribution in [2.45, 2.75) is 13.3 Å². The zero-order chi connectivity index (χ0) is 11.3. The minimum Gasteiger partial charge on any atom is -0.494 e. The Balaban J connectivity index is 2.42. The van der Waals surface area contributed by atoms with Crippen LogP contribution in [0.2, 0.25) is 0 Å². The Kier molecular flexibility index (Phi) is 1.90. The van der Waals surface area contributed by atoms with Crippen molar-refractivity contribution in [2.24, 2.45) is 0 Å². The molecule has 1 aromatic carbocycles. The van der Waals surface area contributed by atoms with Gasteiger partial charge in [-0.2, -0.15) is 0 Å². The van der Waals surface area contributed by atoms with Crippen molar-refractivity contribution in [3.05, 3.63) is 23.4 Å². The topological polar surface area (TPSA) is 28.3 Å². The molecule has 1 aliphatic heterocycles. The smallest absolute Gasteiger partial charge is 0.145 e. The summed E-state index contributed by atoms with van der Waals surface area (Å²) >= 11 is 0. The monoisotopic (exact) mass is 216 g/mol. The minimum atomic E-state index is 0.940. The molecule has 3 nitrogen and oxygen atoms in total. The number of ether oxygens (including phenoxy) is 1. The lowest BCUT2D eigenvalue weighted by atomic mass is 10.0. The number of aryl methyl sites for hydroxylation is 1. The first-order valence-electron chi connectivity index (χ1n) is 5.61. The zero-order valence-electron chi connectivity index (χ0n) is 9.92. The Morgan fingerprint density at radius 1 is 1.44 bits per heavy atom. The van der Waals surface area contributed by atoms with E-state index in [4.69, 9.17) is 4.74 Å². The van der Waals surface area contributed by atoms with Crippen molar-refractivity contribution in [3.63, 3.8) is 0 Å². The maximum atomic E-state index is 5.46. The maximum Gasteiger partial charge on any atom is 0.145 e. The van der Waals surface area contributed by atoms with Gasteiger partial charge in [-0.3, -0.25) is 0 Å². The molecule has 0 bridgehead atoms. The van der Waals surface area contributed by atoms with E-state index in [-0.39, 0.29) is 0 Å². The standard InChI is InChI=1S/C13H16N2O/c1-8-7-14-13-11(16-3)6-10-9(12(8)13)4-5-15(10)2/h6-7,14H,4-5H2,1-3H3. The quantitative estimate of drug-likeness (QED) is 0.793. The number of nitrogens with one attached hydrogen (secondary N) is 1. The second-order valence-electron chi connectivity index (χ2n) is 4.47. The molecular formula is C13H16N2O. The van der Waals surface area contributed by atoms with Crippen LogP contribution in [0.4, 0.5) is 5.69 Å². The minimum absolute atomic E-state index is 0.940. The van der Waals surface area contributed by atoms with Gasteiger partial charge in [-0.25, -0.2) is 0 Å². The molecule has 0 spiro atoms. The maximum absolute atomic E-state index is 5.46. The van der Waals surface area contributed by atoms with E-state index >= 15 is 0 Å². The van der Waals surface area contributed by atoms with Gasteiger partial charge >= 0.3 is 0 Å². The third-order valence-corrected chi connectivity index (χ3v) is 3.53. The highest BCUT2D eigenvalue weighted by atomic mass is 16.5. The highest BCUT2D eigenvalue weighted by Crippen LogP contribution is 2.40. The van der Waals surface area contributed by atoms with Gasteiger partial charge in [0.15, 0.2) is 0 Å². The van der Waals surface area contributed by atoms with Gasteiger partial charge in [0, 0.05) is 36.9 Å². The van der Waals surface area contributed by atoms with Crippen LogP contribution in [0.3, 0.4) is 0 Å². The highest BCUT2D eigenvalue weighted by molar-refractivity contribution is 5.96. The van der Waals surface area contributed by atoms with Gasteiger partial charge in [0.05, 0.1) is 12.6 Å². The van der Waals surface area contributed by atoms with Gasteiger partial charge in [0.1, 0.15) is 5.75 Å². The lowest BCUT2D eigenvalue weighted by Crippen LogP contribution is -2.12. The summed E-state index contributed by atoms with van der Waals surface area (Å²) in [6.07, 6.45) is 3.19. The summed E-state index contributed by atoms with van der Waals surface area (Å²) in [5, 5.41) is 1.35. The largest absolute Gasteiger partial charge is 0.494 e. The number of aromatic nitrogens is 1. The van der Waals surface area contributed by atoms with E-state index in [0.29, 0.717) is 0 Å². The molecule has 0 amide bonds. The third-order valence-electron chi connectivity index (χ3n) is 3.53. The molecule has 2 heterocycles. The van der Waals surface area contributed by atoms with Crippen LogP contribution in [0.1, 0.15) is 11.1 Å². The molecule has 0 aliphatic carbocycles. The van der Waals surface area contributed by atoms with Crippen molar-refractivity contribution in [3.8, 4) is 5.75 Å². The fourth-order valence-corrected chi connectivity index (χ4v) is 2.67. The van der Waals surface area contributed by atoms with E-state index in [1.165, 1.54) is 22.2 Å². The van der Waals surface area contributed by atoms with Crippen molar-refractivity contribution in [1.29, 1.82) is 0 Å². The van der Waals surface area contributed by atoms with Crippen LogP contribution in [0.25, 0.3) is 10.9 Å². The van der Waals surface area contributed by atoms with Crippen LogP contribution in [-0.2, 0) is 6.42 Å². The molecule has 2 aromatic rings. The predicted octanol–water partition coefficient (Wildman–Crippen LogP) is 2.48. The lowest BCUT2D eigenvalue weighted by molar-refractivity contribution is 0.419. The number of hydrogen-bond donors (Lipinski definition) is 1. The van der Waals surface area contributed by atoms with Crippen LogP contribution in [0.15, 0.2) is 12.3 Å². The number of hydrogen-bond acceptors (Lipinski definition) is 2. The Morgan fingerprint density at radius 2 is 2.25 bits per heavy atom. The number of fused-ring (bicyclic) bond motifs is 3. The zero-order valence-corrected chi connectivity index (χ0v) is 9.92. The Morgan fingerprint density at radius 3 is 3.00 bits per heavy atom. The number of rotatable bonds is 1. The van der Waals surface area contributed by atoms with Gasteiger partial charge in [-0.05, 0) is 24.5 Å². The molecule has 3 heteroatoms. The van der Waals surface area contributed by atoms with E-state index in [9.17, 15) is 0 Å².